The largest absolute Gasteiger partial charge is 0.508 e. The molecule has 0 unspecified atom stereocenters. The van der Waals surface area contributed by atoms with Crippen molar-refractivity contribution in [2.45, 2.75) is 31.9 Å². The number of phenolic OH excluding ortho intramolecular Hbond substituents is 1. The molecule has 5 N–H and O–H groups in total. The van der Waals surface area contributed by atoms with Crippen LogP contribution in [0.2, 0.25) is 0 Å². The zero-order valence-corrected chi connectivity index (χ0v) is 16.0. The van der Waals surface area contributed by atoms with Crippen LogP contribution in [0.3, 0.4) is 0 Å². The van der Waals surface area contributed by atoms with Crippen molar-refractivity contribution >= 4 is 11.9 Å². The van der Waals surface area contributed by atoms with Crippen LogP contribution in [-0.2, 0) is 17.6 Å². The Hall–Kier alpha value is -3.26. The molecule has 8 heteroatoms. The molecular weight excluding hydrogens is 376 g/mol. The molecule has 0 radical (unpaired) electrons. The summed E-state index contributed by atoms with van der Waals surface area (Å²) in [7, 11) is 0. The third kappa shape index (κ3) is 4.43. The summed E-state index contributed by atoms with van der Waals surface area (Å²) in [5.41, 5.74) is 7.11. The van der Waals surface area contributed by atoms with E-state index in [1.165, 1.54) is 6.07 Å². The summed E-state index contributed by atoms with van der Waals surface area (Å²) in [4.78, 5) is 25.5. The van der Waals surface area contributed by atoms with Crippen molar-refractivity contribution in [3.8, 4) is 17.2 Å². The summed E-state index contributed by atoms with van der Waals surface area (Å²) in [6.07, 6.45) is 0.470. The number of carboxylic acids is 1. The van der Waals surface area contributed by atoms with Gasteiger partial charge in [0.15, 0.2) is 0 Å². The second-order valence-electron chi connectivity index (χ2n) is 7.07. The van der Waals surface area contributed by atoms with Gasteiger partial charge in [-0.3, -0.25) is 4.79 Å². The molecule has 1 aliphatic heterocycles. The Morgan fingerprint density at radius 2 is 1.83 bits per heavy atom. The number of carbonyl (C=O) groups excluding carboxylic acids is 1. The number of benzene rings is 2. The molecule has 0 aromatic heterocycles. The number of amides is 1. The second kappa shape index (κ2) is 8.40. The summed E-state index contributed by atoms with van der Waals surface area (Å²) in [6, 6.07) is 8.95. The Bertz CT molecular complexity index is 906. The predicted octanol–water partition coefficient (Wildman–Crippen LogP) is 1.52. The van der Waals surface area contributed by atoms with Gasteiger partial charge in [-0.05, 0) is 42.2 Å². The minimum absolute atomic E-state index is 0.0812. The van der Waals surface area contributed by atoms with Crippen LogP contribution in [0.1, 0.15) is 28.4 Å². The molecule has 8 nitrogen and oxygen atoms in total. The highest BCUT2D eigenvalue weighted by molar-refractivity contribution is 5.94. The Morgan fingerprint density at radius 1 is 1.17 bits per heavy atom. The van der Waals surface area contributed by atoms with E-state index in [0.29, 0.717) is 18.4 Å². The van der Waals surface area contributed by atoms with E-state index >= 15 is 0 Å². The van der Waals surface area contributed by atoms with Gasteiger partial charge < -0.3 is 30.7 Å². The fourth-order valence-electron chi connectivity index (χ4n) is 3.29. The number of hydrogen-bond acceptors (Lipinski definition) is 6. The number of aryl methyl sites for hydroxylation is 1. The number of aromatic hydroxyl groups is 2. The number of likely N-dealkylation sites (tertiary alicyclic amines) is 1. The Balaban J connectivity index is 1.58. The van der Waals surface area contributed by atoms with Crippen molar-refractivity contribution in [3.63, 3.8) is 0 Å². The summed E-state index contributed by atoms with van der Waals surface area (Å²) >= 11 is 0. The number of nitrogens with zero attached hydrogens (tertiary/aromatic N) is 1. The van der Waals surface area contributed by atoms with Crippen molar-refractivity contribution in [3.05, 3.63) is 53.1 Å². The van der Waals surface area contributed by atoms with Crippen LogP contribution in [0.5, 0.6) is 17.2 Å². The van der Waals surface area contributed by atoms with Gasteiger partial charge in [-0.2, -0.15) is 0 Å². The van der Waals surface area contributed by atoms with E-state index in [1.54, 1.807) is 35.2 Å². The van der Waals surface area contributed by atoms with E-state index in [0.717, 1.165) is 5.56 Å². The number of aromatic carboxylic acids is 1. The first-order valence-electron chi connectivity index (χ1n) is 9.37. The summed E-state index contributed by atoms with van der Waals surface area (Å²) < 4.78 is 5.71. The van der Waals surface area contributed by atoms with E-state index < -0.39 is 12.0 Å². The van der Waals surface area contributed by atoms with Gasteiger partial charge in [0.1, 0.15) is 28.9 Å². The number of carboxylic acid groups (broad SMARTS) is 1. The minimum Gasteiger partial charge on any atom is -0.508 e. The summed E-state index contributed by atoms with van der Waals surface area (Å²) in [5, 5.41) is 28.9. The van der Waals surface area contributed by atoms with E-state index in [2.05, 4.69) is 0 Å². The maximum Gasteiger partial charge on any atom is 0.343 e. The predicted molar refractivity (Wildman–Crippen MR) is 105 cm³/mol. The molecule has 0 spiro atoms. The molecule has 1 fully saturated rings. The van der Waals surface area contributed by atoms with Crippen LogP contribution in [-0.4, -0.2) is 57.3 Å². The van der Waals surface area contributed by atoms with Gasteiger partial charge in [0.2, 0.25) is 5.91 Å². The quantitative estimate of drug-likeness (QED) is 0.554. The van der Waals surface area contributed by atoms with Crippen LogP contribution in [0.15, 0.2) is 36.4 Å². The number of nitrogens with two attached hydrogens (primary N) is 1. The summed E-state index contributed by atoms with van der Waals surface area (Å²) in [6.45, 7) is 2.40. The average Bonchev–Trinajstić information content (AvgIpc) is 2.65. The lowest BCUT2D eigenvalue weighted by Gasteiger charge is -2.40. The van der Waals surface area contributed by atoms with Crippen molar-refractivity contribution in [1.82, 2.24) is 4.90 Å². The zero-order valence-electron chi connectivity index (χ0n) is 16.0. The lowest BCUT2D eigenvalue weighted by atomic mass is 10.0. The van der Waals surface area contributed by atoms with Crippen molar-refractivity contribution in [1.29, 1.82) is 0 Å². The normalized spacial score (nSPS) is 14.9. The van der Waals surface area contributed by atoms with Crippen molar-refractivity contribution < 1.29 is 29.6 Å². The Labute approximate surface area is 168 Å². The lowest BCUT2D eigenvalue weighted by molar-refractivity contribution is -0.141. The molecule has 1 amide bonds. The maximum absolute atomic E-state index is 12.5. The SMILES string of the molecule is CCc1ccc(OC2CN(C(=O)[C@H](N)Cc3ccc(O)cc3)C2)c(C(=O)O)c1O. The van der Waals surface area contributed by atoms with E-state index in [4.69, 9.17) is 10.5 Å². The standard InChI is InChI=1S/C21H24N2O6/c1-2-13-5-8-17(18(19(13)25)21(27)28)29-15-10-23(11-15)20(26)16(22)9-12-3-6-14(24)7-4-12/h3-8,15-16,24-25H,2,9-11,22H2,1H3,(H,27,28)/t16-/m1/s1. The highest BCUT2D eigenvalue weighted by Crippen LogP contribution is 2.33. The fourth-order valence-corrected chi connectivity index (χ4v) is 3.29. The maximum atomic E-state index is 12.5. The van der Waals surface area contributed by atoms with Gasteiger partial charge in [0.05, 0.1) is 19.1 Å². The number of hydrogen-bond donors (Lipinski definition) is 4. The van der Waals surface area contributed by atoms with Gasteiger partial charge in [0.25, 0.3) is 0 Å². The smallest absolute Gasteiger partial charge is 0.343 e. The molecule has 1 atom stereocenters. The van der Waals surface area contributed by atoms with Crippen molar-refractivity contribution in [2.24, 2.45) is 5.73 Å². The molecular formula is C21H24N2O6. The van der Waals surface area contributed by atoms with Gasteiger partial charge in [-0.15, -0.1) is 0 Å². The molecule has 2 aromatic rings. The molecule has 1 saturated heterocycles. The molecule has 0 aliphatic carbocycles. The molecule has 0 saturated carbocycles. The van der Waals surface area contributed by atoms with Gasteiger partial charge in [0, 0.05) is 0 Å². The third-order valence-electron chi connectivity index (χ3n) is 4.98. The highest BCUT2D eigenvalue weighted by atomic mass is 16.5. The molecule has 29 heavy (non-hydrogen) atoms. The first kappa shape index (κ1) is 20.5. The Morgan fingerprint density at radius 3 is 2.41 bits per heavy atom. The van der Waals surface area contributed by atoms with Crippen LogP contribution >= 0.6 is 0 Å². The third-order valence-corrected chi connectivity index (χ3v) is 4.98. The number of carbonyl (C=O) groups is 2. The monoisotopic (exact) mass is 400 g/mol. The van der Waals surface area contributed by atoms with E-state index in [9.17, 15) is 24.9 Å². The molecule has 3 rings (SSSR count). The number of ether oxygens (including phenoxy) is 1. The molecule has 1 aliphatic rings. The van der Waals surface area contributed by atoms with Crippen molar-refractivity contribution in [2.75, 3.05) is 13.1 Å². The van der Waals surface area contributed by atoms with Gasteiger partial charge in [-0.1, -0.05) is 25.1 Å². The molecule has 2 aromatic carbocycles. The van der Waals surface area contributed by atoms with E-state index in [1.807, 2.05) is 6.92 Å². The van der Waals surface area contributed by atoms with Crippen LogP contribution in [0.25, 0.3) is 0 Å². The lowest BCUT2D eigenvalue weighted by Crippen LogP contribution is -2.60. The van der Waals surface area contributed by atoms with Crippen LogP contribution in [0.4, 0.5) is 0 Å². The Kier molecular flexibility index (Phi) is 5.93. The first-order chi connectivity index (χ1) is 13.8. The number of rotatable bonds is 7. The van der Waals surface area contributed by atoms with Crippen LogP contribution in [0, 0.1) is 0 Å². The zero-order chi connectivity index (χ0) is 21.1. The van der Waals surface area contributed by atoms with Gasteiger partial charge in [-0.25, -0.2) is 4.79 Å². The first-order valence-corrected chi connectivity index (χ1v) is 9.37. The second-order valence-corrected chi connectivity index (χ2v) is 7.07. The molecule has 1 heterocycles. The van der Waals surface area contributed by atoms with Gasteiger partial charge >= 0.3 is 5.97 Å². The minimum atomic E-state index is -1.27. The number of phenols is 2. The molecule has 0 bridgehead atoms. The fraction of sp³-hybridized carbons (Fsp3) is 0.333. The topological polar surface area (TPSA) is 133 Å². The summed E-state index contributed by atoms with van der Waals surface area (Å²) in [5.74, 6) is -1.55. The average molecular weight is 400 g/mol. The highest BCUT2D eigenvalue weighted by Gasteiger charge is 2.35. The van der Waals surface area contributed by atoms with Crippen LogP contribution < -0.4 is 10.5 Å². The van der Waals surface area contributed by atoms with E-state index in [-0.39, 0.29) is 47.9 Å². The molecule has 154 valence electrons.